The second-order valence-electron chi connectivity index (χ2n) is 8.09. The second kappa shape index (κ2) is 13.3. The molecule has 3 aromatic carbocycles. The van der Waals surface area contributed by atoms with E-state index in [1.54, 1.807) is 32.4 Å². The first-order valence-electron chi connectivity index (χ1n) is 11.6. The van der Waals surface area contributed by atoms with Crippen LogP contribution in [0.3, 0.4) is 0 Å². The van der Waals surface area contributed by atoms with Crippen LogP contribution in [0.1, 0.15) is 27.0 Å². The highest BCUT2D eigenvalue weighted by atomic mass is 35.5. The summed E-state index contributed by atoms with van der Waals surface area (Å²) in [6, 6.07) is 11.3. The van der Waals surface area contributed by atoms with Gasteiger partial charge in [0.15, 0.2) is 23.0 Å². The Kier molecular flexibility index (Phi) is 9.94. The Labute approximate surface area is 231 Å². The average molecular weight is 554 g/mol. The summed E-state index contributed by atoms with van der Waals surface area (Å²) in [5.74, 6) is 1.72. The quantitative estimate of drug-likeness (QED) is 0.0828. The Bertz CT molecular complexity index is 1410. The minimum atomic E-state index is -0.591. The molecule has 0 unspecified atom stereocenters. The van der Waals surface area contributed by atoms with Crippen molar-refractivity contribution in [2.45, 2.75) is 6.42 Å². The number of hydrogen-bond donors (Lipinski definition) is 0. The van der Waals surface area contributed by atoms with Gasteiger partial charge in [-0.1, -0.05) is 29.8 Å². The van der Waals surface area contributed by atoms with Gasteiger partial charge in [-0.05, 0) is 65.6 Å². The van der Waals surface area contributed by atoms with E-state index in [0.717, 1.165) is 16.7 Å². The van der Waals surface area contributed by atoms with Gasteiger partial charge in [-0.15, -0.1) is 0 Å². The van der Waals surface area contributed by atoms with Gasteiger partial charge in [0.2, 0.25) is 5.75 Å². The van der Waals surface area contributed by atoms with Crippen LogP contribution in [0.25, 0.3) is 12.2 Å². The fraction of sp³-hybridized carbons (Fsp3) is 0.207. The minimum Gasteiger partial charge on any atom is -0.495 e. The number of methoxy groups -OCH3 is 5. The van der Waals surface area contributed by atoms with Gasteiger partial charge in [0.05, 0.1) is 45.5 Å². The molecule has 9 nitrogen and oxygen atoms in total. The van der Waals surface area contributed by atoms with Crippen molar-refractivity contribution in [3.63, 3.8) is 0 Å². The fourth-order valence-corrected chi connectivity index (χ4v) is 4.11. The number of benzene rings is 3. The SMILES string of the molecule is COc1cc(C/C=C\C(=O)c2ccc(OC)c([N+](=O)[O-])c2)c(/C=C\c2cc(OC)c(OC)c(OC)c2)cc1Cl. The van der Waals surface area contributed by atoms with E-state index in [-0.39, 0.29) is 22.8 Å². The molecule has 0 fully saturated rings. The summed E-state index contributed by atoms with van der Waals surface area (Å²) in [7, 11) is 7.48. The predicted molar refractivity (Wildman–Crippen MR) is 150 cm³/mol. The zero-order chi connectivity index (χ0) is 28.5. The minimum absolute atomic E-state index is 0.0808. The maximum atomic E-state index is 12.7. The number of carbonyl (C=O) groups excluding carboxylic acids is 1. The van der Waals surface area contributed by atoms with E-state index in [1.165, 1.54) is 45.6 Å². The third-order valence-electron chi connectivity index (χ3n) is 5.82. The first-order valence-corrected chi connectivity index (χ1v) is 12.0. The lowest BCUT2D eigenvalue weighted by Gasteiger charge is -2.13. The number of carbonyl (C=O) groups is 1. The van der Waals surface area contributed by atoms with E-state index < -0.39 is 4.92 Å². The van der Waals surface area contributed by atoms with Crippen LogP contribution in [0.15, 0.2) is 54.6 Å². The monoisotopic (exact) mass is 553 g/mol. The summed E-state index contributed by atoms with van der Waals surface area (Å²) in [5, 5.41) is 11.7. The number of halogens is 1. The first kappa shape index (κ1) is 29.1. The van der Waals surface area contributed by atoms with Crippen LogP contribution in [0.5, 0.6) is 28.7 Å². The van der Waals surface area contributed by atoms with Crippen molar-refractivity contribution in [1.29, 1.82) is 0 Å². The molecular weight excluding hydrogens is 526 g/mol. The lowest BCUT2D eigenvalue weighted by molar-refractivity contribution is -0.385. The summed E-state index contributed by atoms with van der Waals surface area (Å²) >= 11 is 6.39. The lowest BCUT2D eigenvalue weighted by Crippen LogP contribution is -1.99. The molecule has 204 valence electrons. The Balaban J connectivity index is 1.90. The molecule has 0 radical (unpaired) electrons. The first-order chi connectivity index (χ1) is 18.8. The highest BCUT2D eigenvalue weighted by Gasteiger charge is 2.17. The van der Waals surface area contributed by atoms with Crippen molar-refractivity contribution in [3.05, 3.63) is 92.0 Å². The van der Waals surface area contributed by atoms with E-state index in [0.29, 0.717) is 34.4 Å². The van der Waals surface area contributed by atoms with Crippen molar-refractivity contribution in [2.75, 3.05) is 35.5 Å². The number of rotatable bonds is 12. The highest BCUT2D eigenvalue weighted by Crippen LogP contribution is 2.39. The molecule has 10 heteroatoms. The highest BCUT2D eigenvalue weighted by molar-refractivity contribution is 6.32. The van der Waals surface area contributed by atoms with Crippen LogP contribution in [0.4, 0.5) is 5.69 Å². The summed E-state index contributed by atoms with van der Waals surface area (Å²) in [4.78, 5) is 23.4. The normalized spacial score (nSPS) is 11.0. The molecule has 0 saturated carbocycles. The van der Waals surface area contributed by atoms with Gasteiger partial charge in [-0.25, -0.2) is 0 Å². The molecule has 0 aliphatic rings. The number of nitrogens with zero attached hydrogens (tertiary/aromatic N) is 1. The van der Waals surface area contributed by atoms with Crippen LogP contribution >= 0.6 is 11.6 Å². The third-order valence-corrected chi connectivity index (χ3v) is 6.12. The van der Waals surface area contributed by atoms with Gasteiger partial charge < -0.3 is 23.7 Å². The number of ketones is 1. The van der Waals surface area contributed by atoms with Crippen molar-refractivity contribution < 1.29 is 33.4 Å². The maximum absolute atomic E-state index is 12.7. The third kappa shape index (κ3) is 6.88. The molecule has 3 rings (SSSR count). The van der Waals surface area contributed by atoms with Gasteiger partial charge in [-0.2, -0.15) is 0 Å². The Morgan fingerprint density at radius 2 is 1.49 bits per heavy atom. The van der Waals surface area contributed by atoms with Crippen LogP contribution in [-0.4, -0.2) is 46.3 Å². The Morgan fingerprint density at radius 1 is 0.846 bits per heavy atom. The van der Waals surface area contributed by atoms with Gasteiger partial charge in [0, 0.05) is 11.6 Å². The summed E-state index contributed by atoms with van der Waals surface area (Å²) in [6.45, 7) is 0. The van der Waals surface area contributed by atoms with Crippen LogP contribution in [-0.2, 0) is 6.42 Å². The predicted octanol–water partition coefficient (Wildman–Crippen LogP) is 6.44. The van der Waals surface area contributed by atoms with Gasteiger partial charge >= 0.3 is 5.69 Å². The molecule has 0 saturated heterocycles. The van der Waals surface area contributed by atoms with Crippen molar-refractivity contribution >= 4 is 35.2 Å². The molecule has 0 N–H and O–H groups in total. The number of ether oxygens (including phenoxy) is 5. The van der Waals surface area contributed by atoms with E-state index in [9.17, 15) is 14.9 Å². The molecule has 0 aromatic heterocycles. The molecule has 0 aliphatic heterocycles. The molecular formula is C29H28ClNO8. The Hall–Kier alpha value is -4.50. The van der Waals surface area contributed by atoms with Crippen LogP contribution in [0, 0.1) is 10.1 Å². The largest absolute Gasteiger partial charge is 0.495 e. The number of allylic oxidation sites excluding steroid dienone is 2. The van der Waals surface area contributed by atoms with Crippen LogP contribution < -0.4 is 23.7 Å². The summed E-state index contributed by atoms with van der Waals surface area (Å²) in [6.07, 6.45) is 7.17. The van der Waals surface area contributed by atoms with Crippen LogP contribution in [0.2, 0.25) is 5.02 Å². The summed E-state index contributed by atoms with van der Waals surface area (Å²) < 4.78 is 26.6. The number of hydrogen-bond acceptors (Lipinski definition) is 8. The zero-order valence-corrected chi connectivity index (χ0v) is 22.9. The smallest absolute Gasteiger partial charge is 0.311 e. The number of nitro groups is 1. The maximum Gasteiger partial charge on any atom is 0.311 e. The van der Waals surface area contributed by atoms with E-state index in [2.05, 4.69) is 0 Å². The number of nitro benzene ring substituents is 1. The molecule has 0 heterocycles. The van der Waals surface area contributed by atoms with E-state index in [4.69, 9.17) is 35.3 Å². The van der Waals surface area contributed by atoms with Gasteiger partial charge in [0.1, 0.15) is 5.75 Å². The molecule has 3 aromatic rings. The standard InChI is InChI=1S/C29H28ClNO8/c1-35-25-12-11-21(16-23(25)31(33)34)24(32)8-6-7-19-17-26(36-2)22(30)15-20(19)10-9-18-13-27(37-3)29(39-5)28(14-18)38-4/h6,8-17H,7H2,1-5H3/b8-6-,10-9-. The molecule has 0 spiro atoms. The van der Waals surface area contributed by atoms with E-state index >= 15 is 0 Å². The van der Waals surface area contributed by atoms with Gasteiger partial charge in [0.25, 0.3) is 0 Å². The average Bonchev–Trinajstić information content (AvgIpc) is 2.95. The van der Waals surface area contributed by atoms with Gasteiger partial charge in [-0.3, -0.25) is 14.9 Å². The second-order valence-corrected chi connectivity index (χ2v) is 8.50. The fourth-order valence-electron chi connectivity index (χ4n) is 3.86. The van der Waals surface area contributed by atoms with Crippen molar-refractivity contribution in [2.24, 2.45) is 0 Å². The zero-order valence-electron chi connectivity index (χ0n) is 22.1. The Morgan fingerprint density at radius 3 is 2.05 bits per heavy atom. The molecule has 0 atom stereocenters. The van der Waals surface area contributed by atoms with Crippen molar-refractivity contribution in [1.82, 2.24) is 0 Å². The van der Waals surface area contributed by atoms with E-state index in [1.807, 2.05) is 24.3 Å². The summed E-state index contributed by atoms with van der Waals surface area (Å²) in [5.41, 5.74) is 2.33. The topological polar surface area (TPSA) is 106 Å². The molecule has 39 heavy (non-hydrogen) atoms. The molecule has 0 bridgehead atoms. The lowest BCUT2D eigenvalue weighted by atomic mass is 10.0. The van der Waals surface area contributed by atoms with Crippen molar-refractivity contribution in [3.8, 4) is 28.7 Å². The molecule has 0 amide bonds. The molecule has 0 aliphatic carbocycles.